The van der Waals surface area contributed by atoms with E-state index in [4.69, 9.17) is 21.2 Å². The highest BCUT2D eigenvalue weighted by Gasteiger charge is 2.25. The Balaban J connectivity index is 3.11. The number of carbonyl (C=O) groups excluding carboxylic acids is 1. The minimum Gasteiger partial charge on any atom is -0.380 e. The molecule has 25 heavy (non-hydrogen) atoms. The molecule has 0 bridgehead atoms. The second kappa shape index (κ2) is 11.9. The van der Waals surface area contributed by atoms with Crippen LogP contribution in [0.1, 0.15) is 51.2 Å². The number of oxime groups is 1. The maximum atomic E-state index is 12.8. The Morgan fingerprint density at radius 2 is 2.12 bits per heavy atom. The van der Waals surface area contributed by atoms with Crippen LogP contribution in [0.15, 0.2) is 23.4 Å². The summed E-state index contributed by atoms with van der Waals surface area (Å²) in [6.45, 7) is 6.51. The van der Waals surface area contributed by atoms with Gasteiger partial charge in [0.25, 0.3) is 0 Å². The summed E-state index contributed by atoms with van der Waals surface area (Å²) in [7, 11) is 1.65. The standard InChI is InChI=1S/C19H29ClN2O3/c1-5-8-11-21-25-14-22(19(23)17(20)7-3)18-12-15(13-24-4)9-10-16(18)6-2/h9-12,17H,5-8,13-14H2,1-4H3. The van der Waals surface area contributed by atoms with Crippen LogP contribution in [0.25, 0.3) is 0 Å². The molecule has 1 unspecified atom stereocenters. The summed E-state index contributed by atoms with van der Waals surface area (Å²) in [5, 5.41) is 3.32. The molecule has 140 valence electrons. The van der Waals surface area contributed by atoms with E-state index in [0.29, 0.717) is 13.0 Å². The van der Waals surface area contributed by atoms with Gasteiger partial charge in [0.05, 0.1) is 12.3 Å². The second-order valence-electron chi connectivity index (χ2n) is 5.73. The third-order valence-corrected chi connectivity index (χ3v) is 4.27. The molecule has 5 nitrogen and oxygen atoms in total. The summed E-state index contributed by atoms with van der Waals surface area (Å²) in [5.41, 5.74) is 2.84. The van der Waals surface area contributed by atoms with Gasteiger partial charge in [-0.25, -0.2) is 0 Å². The SMILES string of the molecule is CCCC=NOCN(C(=O)C(Cl)CC)c1cc(COC)ccc1CC. The maximum absolute atomic E-state index is 12.8. The number of alkyl halides is 1. The molecule has 1 amide bonds. The van der Waals surface area contributed by atoms with Gasteiger partial charge in [0, 0.05) is 13.3 Å². The fourth-order valence-electron chi connectivity index (χ4n) is 2.34. The van der Waals surface area contributed by atoms with Crippen molar-refractivity contribution in [2.45, 2.75) is 58.4 Å². The average molecular weight is 369 g/mol. The molecular formula is C19H29ClN2O3. The number of aryl methyl sites for hydroxylation is 1. The van der Waals surface area contributed by atoms with Gasteiger partial charge in [-0.3, -0.25) is 9.69 Å². The van der Waals surface area contributed by atoms with Gasteiger partial charge >= 0.3 is 0 Å². The molecular weight excluding hydrogens is 340 g/mol. The quantitative estimate of drug-likeness (QED) is 0.250. The first kappa shape index (κ1) is 21.5. The molecule has 1 atom stereocenters. The molecule has 0 saturated carbocycles. The lowest BCUT2D eigenvalue weighted by Crippen LogP contribution is -2.38. The normalized spacial score (nSPS) is 12.4. The Morgan fingerprint density at radius 3 is 2.72 bits per heavy atom. The van der Waals surface area contributed by atoms with Crippen molar-refractivity contribution < 1.29 is 14.4 Å². The molecule has 1 aromatic rings. The Bertz CT molecular complexity index is 564. The molecule has 0 spiro atoms. The number of nitrogens with zero attached hydrogens (tertiary/aromatic N) is 2. The third-order valence-electron chi connectivity index (χ3n) is 3.78. The van der Waals surface area contributed by atoms with Gasteiger partial charge in [-0.1, -0.05) is 44.5 Å². The van der Waals surface area contributed by atoms with Crippen LogP contribution in [0.5, 0.6) is 0 Å². The average Bonchev–Trinajstić information content (AvgIpc) is 2.63. The lowest BCUT2D eigenvalue weighted by atomic mass is 10.1. The van der Waals surface area contributed by atoms with E-state index < -0.39 is 5.38 Å². The molecule has 6 heteroatoms. The smallest absolute Gasteiger partial charge is 0.247 e. The molecule has 0 aliphatic heterocycles. The molecule has 1 rings (SSSR count). The second-order valence-corrected chi connectivity index (χ2v) is 6.25. The van der Waals surface area contributed by atoms with Crippen LogP contribution >= 0.6 is 11.6 Å². The predicted molar refractivity (Wildman–Crippen MR) is 103 cm³/mol. The first-order valence-corrected chi connectivity index (χ1v) is 9.22. The van der Waals surface area contributed by atoms with Gasteiger partial charge in [0.15, 0.2) is 6.73 Å². The summed E-state index contributed by atoms with van der Waals surface area (Å²) in [6, 6.07) is 5.98. The minimum atomic E-state index is -0.598. The van der Waals surface area contributed by atoms with E-state index in [1.807, 2.05) is 25.1 Å². The van der Waals surface area contributed by atoms with Crippen molar-refractivity contribution in [3.8, 4) is 0 Å². The summed E-state index contributed by atoms with van der Waals surface area (Å²) in [6.07, 6.45) is 4.89. The molecule has 0 heterocycles. The van der Waals surface area contributed by atoms with Gasteiger partial charge in [-0.15, -0.1) is 11.6 Å². The fraction of sp³-hybridized carbons (Fsp3) is 0.579. The third kappa shape index (κ3) is 6.67. The first-order chi connectivity index (χ1) is 12.1. The number of ether oxygens (including phenoxy) is 1. The number of amides is 1. The Kier molecular flexibility index (Phi) is 10.2. The van der Waals surface area contributed by atoms with E-state index >= 15 is 0 Å². The van der Waals surface area contributed by atoms with E-state index in [2.05, 4.69) is 19.0 Å². The van der Waals surface area contributed by atoms with E-state index in [1.165, 1.54) is 0 Å². The van der Waals surface area contributed by atoms with Crippen LogP contribution in [0.2, 0.25) is 0 Å². The van der Waals surface area contributed by atoms with Crippen molar-refractivity contribution in [2.75, 3.05) is 18.7 Å². The van der Waals surface area contributed by atoms with Crippen molar-refractivity contribution in [1.82, 2.24) is 0 Å². The van der Waals surface area contributed by atoms with Gasteiger partial charge in [0.1, 0.15) is 5.38 Å². The first-order valence-electron chi connectivity index (χ1n) is 8.78. The van der Waals surface area contributed by atoms with Crippen molar-refractivity contribution in [3.05, 3.63) is 29.3 Å². The molecule has 0 N–H and O–H groups in total. The zero-order valence-electron chi connectivity index (χ0n) is 15.6. The molecule has 0 aliphatic rings. The van der Waals surface area contributed by atoms with Crippen molar-refractivity contribution >= 4 is 29.4 Å². The monoisotopic (exact) mass is 368 g/mol. The highest BCUT2D eigenvalue weighted by Crippen LogP contribution is 2.25. The summed E-state index contributed by atoms with van der Waals surface area (Å²) < 4.78 is 5.21. The number of hydrogen-bond donors (Lipinski definition) is 0. The van der Waals surface area contributed by atoms with Crippen LogP contribution in [0.4, 0.5) is 5.69 Å². The number of unbranched alkanes of at least 4 members (excludes halogenated alkanes) is 1. The van der Waals surface area contributed by atoms with E-state index in [9.17, 15) is 4.79 Å². The van der Waals surface area contributed by atoms with Gasteiger partial charge in [-0.2, -0.15) is 0 Å². The maximum Gasteiger partial charge on any atom is 0.247 e. The summed E-state index contributed by atoms with van der Waals surface area (Å²) in [5.74, 6) is -0.181. The van der Waals surface area contributed by atoms with Gasteiger partial charge in [-0.05, 0) is 36.5 Å². The number of benzene rings is 1. The van der Waals surface area contributed by atoms with Crippen molar-refractivity contribution in [2.24, 2.45) is 5.16 Å². The topological polar surface area (TPSA) is 51.1 Å². The van der Waals surface area contributed by atoms with Gasteiger partial charge < -0.3 is 9.57 Å². The van der Waals surface area contributed by atoms with Crippen LogP contribution in [0, 0.1) is 0 Å². The van der Waals surface area contributed by atoms with Gasteiger partial charge in [0.2, 0.25) is 5.91 Å². The Labute approximate surface area is 155 Å². The lowest BCUT2D eigenvalue weighted by molar-refractivity contribution is -0.119. The molecule has 0 aromatic heterocycles. The predicted octanol–water partition coefficient (Wildman–Crippen LogP) is 4.51. The minimum absolute atomic E-state index is 0.0334. The molecule has 1 aromatic carbocycles. The van der Waals surface area contributed by atoms with Crippen LogP contribution in [-0.2, 0) is 27.4 Å². The molecule has 0 aliphatic carbocycles. The summed E-state index contributed by atoms with van der Waals surface area (Å²) in [4.78, 5) is 19.7. The molecule has 0 fully saturated rings. The van der Waals surface area contributed by atoms with Crippen LogP contribution in [0.3, 0.4) is 0 Å². The zero-order chi connectivity index (χ0) is 18.7. The largest absolute Gasteiger partial charge is 0.380 e. The summed E-state index contributed by atoms with van der Waals surface area (Å²) >= 11 is 6.21. The highest BCUT2D eigenvalue weighted by atomic mass is 35.5. The number of carbonyl (C=O) groups is 1. The lowest BCUT2D eigenvalue weighted by Gasteiger charge is -2.26. The highest BCUT2D eigenvalue weighted by molar-refractivity contribution is 6.32. The molecule has 0 saturated heterocycles. The Hall–Kier alpha value is -1.59. The van der Waals surface area contributed by atoms with Crippen LogP contribution in [-0.4, -0.2) is 31.3 Å². The van der Waals surface area contributed by atoms with E-state index in [-0.39, 0.29) is 12.6 Å². The van der Waals surface area contributed by atoms with Crippen molar-refractivity contribution in [1.29, 1.82) is 0 Å². The zero-order valence-corrected chi connectivity index (χ0v) is 16.4. The van der Waals surface area contributed by atoms with E-state index in [1.54, 1.807) is 18.2 Å². The Morgan fingerprint density at radius 1 is 1.36 bits per heavy atom. The van der Waals surface area contributed by atoms with Crippen LogP contribution < -0.4 is 4.90 Å². The van der Waals surface area contributed by atoms with E-state index in [0.717, 1.165) is 36.1 Å². The number of rotatable bonds is 11. The number of anilines is 1. The molecule has 0 radical (unpaired) electrons. The fourth-order valence-corrected chi connectivity index (χ4v) is 2.46. The number of halogens is 1. The number of hydrogen-bond acceptors (Lipinski definition) is 4. The number of methoxy groups -OCH3 is 1. The van der Waals surface area contributed by atoms with Crippen molar-refractivity contribution in [3.63, 3.8) is 0 Å².